The fraction of sp³-hybridized carbons (Fsp3) is 0.111. The summed E-state index contributed by atoms with van der Waals surface area (Å²) in [7, 11) is 0. The first-order chi connectivity index (χ1) is 5.54. The van der Waals surface area contributed by atoms with Crippen LogP contribution in [0.25, 0.3) is 0 Å². The third-order valence-corrected chi connectivity index (χ3v) is 1.38. The summed E-state index contributed by atoms with van der Waals surface area (Å²) in [5.74, 6) is 2.24. The number of alkyl halides is 3. The van der Waals surface area contributed by atoms with Crippen LogP contribution in [0.2, 0.25) is 0 Å². The molecule has 62 valence electrons. The normalized spacial score (nSPS) is 10.8. The maximum atomic E-state index is 12.0. The maximum absolute atomic E-state index is 12.0. The molecule has 0 N–H and O–H groups in total. The summed E-state index contributed by atoms with van der Waals surface area (Å²) in [6.07, 6.45) is 0.693. The van der Waals surface area contributed by atoms with Crippen LogP contribution in [0.4, 0.5) is 13.2 Å². The van der Waals surface area contributed by atoms with Crippen molar-refractivity contribution >= 4 is 0 Å². The van der Waals surface area contributed by atoms with Gasteiger partial charge in [-0.15, -0.1) is 6.42 Å². The first kappa shape index (κ1) is 8.66. The summed E-state index contributed by atoms with van der Waals surface area (Å²) in [5.41, 5.74) is -0.232. The Balaban J connectivity index is 3.02. The zero-order valence-corrected chi connectivity index (χ0v) is 6.02. The number of benzene rings is 1. The van der Waals surface area contributed by atoms with Crippen LogP contribution in [0.3, 0.4) is 0 Å². The summed E-state index contributed by atoms with van der Waals surface area (Å²) in [4.78, 5) is 0. The van der Waals surface area contributed by atoms with E-state index in [1.807, 2.05) is 0 Å². The van der Waals surface area contributed by atoms with E-state index >= 15 is 0 Å². The van der Waals surface area contributed by atoms with E-state index < -0.39 is 11.7 Å². The lowest BCUT2D eigenvalue weighted by Crippen LogP contribution is -2.03. The smallest absolute Gasteiger partial charge is 0.166 e. The summed E-state index contributed by atoms with van der Waals surface area (Å²) >= 11 is 0. The molecule has 1 rings (SSSR count). The van der Waals surface area contributed by atoms with Gasteiger partial charge < -0.3 is 0 Å². The fourth-order valence-corrected chi connectivity index (χ4v) is 0.755. The van der Waals surface area contributed by atoms with Gasteiger partial charge >= 0.3 is 6.18 Å². The van der Waals surface area contributed by atoms with Crippen molar-refractivity contribution in [2.75, 3.05) is 0 Å². The highest BCUT2D eigenvalue weighted by Crippen LogP contribution is 2.28. The van der Waals surface area contributed by atoms with Crippen LogP contribution in [-0.2, 0) is 6.18 Å². The highest BCUT2D eigenvalue weighted by molar-refractivity contribution is 5.34. The second kappa shape index (κ2) is 2.90. The number of halogens is 3. The molecule has 0 aliphatic heterocycles. The number of rotatable bonds is 0. The molecule has 0 aliphatic rings. The predicted molar refractivity (Wildman–Crippen MR) is 39.4 cm³/mol. The molecule has 0 saturated heterocycles. The van der Waals surface area contributed by atoms with Crippen molar-refractivity contribution in [2.24, 2.45) is 0 Å². The third-order valence-electron chi connectivity index (χ3n) is 1.38. The topological polar surface area (TPSA) is 0 Å². The summed E-state index contributed by atoms with van der Waals surface area (Å²) in [5, 5.41) is 0. The van der Waals surface area contributed by atoms with Gasteiger partial charge in [0.25, 0.3) is 0 Å². The van der Waals surface area contributed by atoms with E-state index in [0.717, 1.165) is 12.1 Å². The Morgan fingerprint density at radius 3 is 1.92 bits per heavy atom. The van der Waals surface area contributed by atoms with Gasteiger partial charge in [-0.3, -0.25) is 0 Å². The van der Waals surface area contributed by atoms with Crippen LogP contribution in [0, 0.1) is 12.3 Å². The molecule has 0 radical (unpaired) electrons. The van der Waals surface area contributed by atoms with E-state index in [-0.39, 0.29) is 0 Å². The molecule has 3 heteroatoms. The van der Waals surface area contributed by atoms with Crippen molar-refractivity contribution in [3.63, 3.8) is 0 Å². The summed E-state index contributed by atoms with van der Waals surface area (Å²) < 4.78 is 35.9. The molecule has 1 aromatic rings. The van der Waals surface area contributed by atoms with Crippen molar-refractivity contribution in [2.45, 2.75) is 6.18 Å². The molecule has 1 aromatic carbocycles. The highest BCUT2D eigenvalue weighted by atomic mass is 19.4. The lowest BCUT2D eigenvalue weighted by atomic mass is 10.1. The number of hydrogen-bond acceptors (Lipinski definition) is 0. The Bertz CT molecular complexity index is 300. The molecule has 0 bridgehead atoms. The van der Waals surface area contributed by atoms with Gasteiger partial charge in [0.05, 0.1) is 5.56 Å². The van der Waals surface area contributed by atoms with Gasteiger partial charge in [0, 0.05) is 5.56 Å². The zero-order chi connectivity index (χ0) is 9.19. The molecular formula is C9H5F3. The monoisotopic (exact) mass is 170 g/mol. The van der Waals surface area contributed by atoms with Crippen LogP contribution in [0.5, 0.6) is 0 Å². The molecule has 0 heterocycles. The van der Waals surface area contributed by atoms with E-state index in [4.69, 9.17) is 6.42 Å². The minimum atomic E-state index is -4.28. The van der Waals surface area contributed by atoms with E-state index in [2.05, 4.69) is 5.92 Å². The fourth-order valence-electron chi connectivity index (χ4n) is 0.755. The largest absolute Gasteiger partial charge is 0.416 e. The molecule has 0 aliphatic carbocycles. The van der Waals surface area contributed by atoms with E-state index in [1.54, 1.807) is 0 Å². The molecule has 0 spiro atoms. The molecule has 0 atom stereocenters. The van der Waals surface area contributed by atoms with Crippen LogP contribution < -0.4 is 0 Å². The number of hydrogen-bond donors (Lipinski definition) is 0. The van der Waals surface area contributed by atoms with Crippen molar-refractivity contribution in [3.05, 3.63) is 35.4 Å². The molecule has 0 unspecified atom stereocenters. The Morgan fingerprint density at radius 2 is 1.58 bits per heavy atom. The van der Waals surface area contributed by atoms with Gasteiger partial charge in [0.2, 0.25) is 0 Å². The minimum Gasteiger partial charge on any atom is -0.166 e. The van der Waals surface area contributed by atoms with Gasteiger partial charge in [-0.25, -0.2) is 0 Å². The highest BCUT2D eigenvalue weighted by Gasteiger charge is 2.29. The predicted octanol–water partition coefficient (Wildman–Crippen LogP) is 2.69. The lowest BCUT2D eigenvalue weighted by molar-refractivity contribution is -0.137. The van der Waals surface area contributed by atoms with Crippen molar-refractivity contribution in [1.29, 1.82) is 0 Å². The van der Waals surface area contributed by atoms with Crippen molar-refractivity contribution in [3.8, 4) is 12.3 Å². The standard InChI is InChI=1S/C9H5F3/c1-2-7-3-5-8(6-4-7)9(10,11)12/h1,3-6H. The van der Waals surface area contributed by atoms with Gasteiger partial charge in [-0.2, -0.15) is 13.2 Å². The number of terminal acetylenes is 1. The summed E-state index contributed by atoms with van der Waals surface area (Å²) in [6.45, 7) is 0. The average Bonchev–Trinajstić information content (AvgIpc) is 2.03. The SMILES string of the molecule is C#Cc1ccc(C(F)(F)F)cc1. The van der Waals surface area contributed by atoms with Crippen LogP contribution in [-0.4, -0.2) is 0 Å². The van der Waals surface area contributed by atoms with E-state index in [1.165, 1.54) is 12.1 Å². The van der Waals surface area contributed by atoms with Gasteiger partial charge in [-0.05, 0) is 24.3 Å². The van der Waals surface area contributed by atoms with E-state index in [9.17, 15) is 13.2 Å². The molecule has 0 saturated carbocycles. The molecule has 12 heavy (non-hydrogen) atoms. The Hall–Kier alpha value is -1.43. The Kier molecular flexibility index (Phi) is 2.09. The summed E-state index contributed by atoms with van der Waals surface area (Å²) in [6, 6.07) is 4.47. The quantitative estimate of drug-likeness (QED) is 0.525. The first-order valence-electron chi connectivity index (χ1n) is 3.18. The Labute approximate surface area is 68.0 Å². The van der Waals surface area contributed by atoms with Crippen molar-refractivity contribution < 1.29 is 13.2 Å². The molecule has 0 amide bonds. The second-order valence-electron chi connectivity index (χ2n) is 2.22. The maximum Gasteiger partial charge on any atom is 0.416 e. The molecular weight excluding hydrogens is 165 g/mol. The first-order valence-corrected chi connectivity index (χ1v) is 3.18. The molecule has 0 aromatic heterocycles. The van der Waals surface area contributed by atoms with Crippen LogP contribution >= 0.6 is 0 Å². The second-order valence-corrected chi connectivity index (χ2v) is 2.22. The van der Waals surface area contributed by atoms with Crippen LogP contribution in [0.15, 0.2) is 24.3 Å². The Morgan fingerprint density at radius 1 is 1.08 bits per heavy atom. The van der Waals surface area contributed by atoms with E-state index in [0.29, 0.717) is 5.56 Å². The lowest BCUT2D eigenvalue weighted by Gasteiger charge is -2.05. The molecule has 0 fully saturated rings. The zero-order valence-electron chi connectivity index (χ0n) is 6.02. The van der Waals surface area contributed by atoms with Gasteiger partial charge in [-0.1, -0.05) is 5.92 Å². The van der Waals surface area contributed by atoms with Crippen LogP contribution in [0.1, 0.15) is 11.1 Å². The molecule has 0 nitrogen and oxygen atoms in total. The van der Waals surface area contributed by atoms with Crippen molar-refractivity contribution in [1.82, 2.24) is 0 Å². The average molecular weight is 170 g/mol. The van der Waals surface area contributed by atoms with Gasteiger partial charge in [0.15, 0.2) is 0 Å². The minimum absolute atomic E-state index is 0.447. The van der Waals surface area contributed by atoms with Gasteiger partial charge in [0.1, 0.15) is 0 Å². The third kappa shape index (κ3) is 1.79.